The highest BCUT2D eigenvalue weighted by Gasteiger charge is 2.37. The van der Waals surface area contributed by atoms with Gasteiger partial charge in [-0.2, -0.15) is 5.26 Å². The Balaban J connectivity index is 2.73. The van der Waals surface area contributed by atoms with Crippen LogP contribution in [0.4, 0.5) is 0 Å². The first-order valence-electron chi connectivity index (χ1n) is 5.85. The number of nitrogens with zero attached hydrogens (tertiary/aromatic N) is 3. The van der Waals surface area contributed by atoms with Gasteiger partial charge in [0.2, 0.25) is 5.91 Å². The minimum atomic E-state index is -0.852. The molecule has 1 heterocycles. The Morgan fingerprint density at radius 2 is 2.19 bits per heavy atom. The molecule has 4 nitrogen and oxygen atoms in total. The lowest BCUT2D eigenvalue weighted by molar-refractivity contribution is -0.141. The summed E-state index contributed by atoms with van der Waals surface area (Å²) in [5, 5.41) is 9.10. The number of carbonyl (C=O) groups is 1. The number of carbonyl (C=O) groups excluding carboxylic acids is 1. The van der Waals surface area contributed by atoms with E-state index < -0.39 is 5.41 Å². The van der Waals surface area contributed by atoms with Gasteiger partial charge in [0.25, 0.3) is 0 Å². The Morgan fingerprint density at radius 1 is 1.56 bits per heavy atom. The van der Waals surface area contributed by atoms with E-state index in [1.807, 2.05) is 11.8 Å². The van der Waals surface area contributed by atoms with E-state index >= 15 is 0 Å². The fourth-order valence-corrected chi connectivity index (χ4v) is 1.86. The van der Waals surface area contributed by atoms with Gasteiger partial charge in [-0.15, -0.1) is 0 Å². The fraction of sp³-hybridized carbons (Fsp3) is 0.833. The first-order chi connectivity index (χ1) is 7.44. The molecule has 1 aliphatic rings. The van der Waals surface area contributed by atoms with Gasteiger partial charge in [-0.05, 0) is 27.3 Å². The minimum Gasteiger partial charge on any atom is -0.338 e. The molecule has 1 amide bonds. The van der Waals surface area contributed by atoms with Crippen molar-refractivity contribution in [1.82, 2.24) is 9.80 Å². The van der Waals surface area contributed by atoms with Crippen LogP contribution in [0.2, 0.25) is 0 Å². The third kappa shape index (κ3) is 2.35. The quantitative estimate of drug-likeness (QED) is 0.704. The number of piperazine rings is 1. The number of likely N-dealkylation sites (N-methyl/N-ethyl adjacent to an activating group) is 1. The van der Waals surface area contributed by atoms with Crippen molar-refractivity contribution < 1.29 is 4.79 Å². The van der Waals surface area contributed by atoms with Crippen LogP contribution in [0.25, 0.3) is 0 Å². The molecule has 0 saturated carbocycles. The van der Waals surface area contributed by atoms with Crippen LogP contribution in [0, 0.1) is 16.7 Å². The Labute approximate surface area is 97.8 Å². The zero-order valence-corrected chi connectivity index (χ0v) is 10.7. The number of amides is 1. The third-order valence-corrected chi connectivity index (χ3v) is 3.67. The van der Waals surface area contributed by atoms with Crippen LogP contribution in [0.1, 0.15) is 27.2 Å². The van der Waals surface area contributed by atoms with E-state index in [0.29, 0.717) is 12.5 Å². The number of hydrogen-bond acceptors (Lipinski definition) is 3. The third-order valence-electron chi connectivity index (χ3n) is 3.67. The normalized spacial score (nSPS) is 25.9. The largest absolute Gasteiger partial charge is 0.338 e. The van der Waals surface area contributed by atoms with Crippen LogP contribution in [-0.4, -0.2) is 48.4 Å². The van der Waals surface area contributed by atoms with Gasteiger partial charge in [-0.3, -0.25) is 4.79 Å². The molecule has 0 bridgehead atoms. The van der Waals surface area contributed by atoms with E-state index in [-0.39, 0.29) is 5.91 Å². The van der Waals surface area contributed by atoms with Crippen molar-refractivity contribution >= 4 is 5.91 Å². The minimum absolute atomic E-state index is 0.0162. The molecular weight excluding hydrogens is 202 g/mol. The molecule has 0 aromatic rings. The van der Waals surface area contributed by atoms with E-state index in [0.717, 1.165) is 19.6 Å². The molecule has 1 saturated heterocycles. The molecule has 2 unspecified atom stereocenters. The lowest BCUT2D eigenvalue weighted by Gasteiger charge is -2.40. The summed E-state index contributed by atoms with van der Waals surface area (Å²) in [5.41, 5.74) is -0.852. The van der Waals surface area contributed by atoms with Gasteiger partial charge in [0, 0.05) is 25.7 Å². The second-order valence-corrected chi connectivity index (χ2v) is 4.88. The van der Waals surface area contributed by atoms with Crippen LogP contribution in [0.3, 0.4) is 0 Å². The van der Waals surface area contributed by atoms with Crippen molar-refractivity contribution in [3.8, 4) is 6.07 Å². The van der Waals surface area contributed by atoms with Crippen molar-refractivity contribution in [3.05, 3.63) is 0 Å². The van der Waals surface area contributed by atoms with Crippen molar-refractivity contribution in [2.45, 2.75) is 33.2 Å². The summed E-state index contributed by atoms with van der Waals surface area (Å²) in [5.74, 6) is -0.0162. The highest BCUT2D eigenvalue weighted by molar-refractivity contribution is 5.85. The maximum Gasteiger partial charge on any atom is 0.242 e. The molecule has 0 radical (unpaired) electrons. The molecule has 0 aliphatic carbocycles. The Hall–Kier alpha value is -1.08. The van der Waals surface area contributed by atoms with Gasteiger partial charge >= 0.3 is 0 Å². The summed E-state index contributed by atoms with van der Waals surface area (Å²) >= 11 is 0. The number of rotatable bonds is 2. The van der Waals surface area contributed by atoms with Gasteiger partial charge in [0.05, 0.1) is 6.07 Å². The first-order valence-corrected chi connectivity index (χ1v) is 5.85. The van der Waals surface area contributed by atoms with E-state index in [1.54, 1.807) is 6.92 Å². The summed E-state index contributed by atoms with van der Waals surface area (Å²) < 4.78 is 0. The monoisotopic (exact) mass is 223 g/mol. The van der Waals surface area contributed by atoms with E-state index in [2.05, 4.69) is 24.9 Å². The molecule has 0 aromatic carbocycles. The predicted octanol–water partition coefficient (Wildman–Crippen LogP) is 1.09. The van der Waals surface area contributed by atoms with Gasteiger partial charge < -0.3 is 9.80 Å². The standard InChI is InChI=1S/C12H21N3O/c1-5-12(3,9-13)11(16)15-7-6-14(4)10(2)8-15/h10H,5-8H2,1-4H3. The zero-order chi connectivity index (χ0) is 12.3. The maximum absolute atomic E-state index is 12.2. The molecular formula is C12H21N3O. The smallest absolute Gasteiger partial charge is 0.242 e. The van der Waals surface area contributed by atoms with E-state index in [9.17, 15) is 4.79 Å². The maximum atomic E-state index is 12.2. The molecule has 1 aliphatic heterocycles. The molecule has 0 aromatic heterocycles. The lowest BCUT2D eigenvalue weighted by Crippen LogP contribution is -2.54. The Morgan fingerprint density at radius 3 is 2.62 bits per heavy atom. The molecule has 90 valence electrons. The summed E-state index contributed by atoms with van der Waals surface area (Å²) in [6.45, 7) is 8.08. The van der Waals surface area contributed by atoms with E-state index in [4.69, 9.17) is 5.26 Å². The van der Waals surface area contributed by atoms with Crippen molar-refractivity contribution in [2.24, 2.45) is 5.41 Å². The Bertz CT molecular complexity index is 310. The first kappa shape index (κ1) is 13.0. The molecule has 4 heteroatoms. The average molecular weight is 223 g/mol. The SMILES string of the molecule is CCC(C)(C#N)C(=O)N1CCN(C)C(C)C1. The summed E-state index contributed by atoms with van der Waals surface area (Å²) in [7, 11) is 2.07. The topological polar surface area (TPSA) is 47.3 Å². The van der Waals surface area contributed by atoms with Gasteiger partial charge in [0.1, 0.15) is 5.41 Å². The van der Waals surface area contributed by atoms with E-state index in [1.165, 1.54) is 0 Å². The zero-order valence-electron chi connectivity index (χ0n) is 10.7. The molecule has 2 atom stereocenters. The van der Waals surface area contributed by atoms with Crippen molar-refractivity contribution in [3.63, 3.8) is 0 Å². The average Bonchev–Trinajstić information content (AvgIpc) is 2.30. The van der Waals surface area contributed by atoms with Crippen LogP contribution in [-0.2, 0) is 4.79 Å². The molecule has 1 fully saturated rings. The van der Waals surface area contributed by atoms with Crippen LogP contribution < -0.4 is 0 Å². The van der Waals surface area contributed by atoms with Crippen molar-refractivity contribution in [1.29, 1.82) is 5.26 Å². The van der Waals surface area contributed by atoms with Gasteiger partial charge in [-0.25, -0.2) is 0 Å². The lowest BCUT2D eigenvalue weighted by atomic mass is 9.87. The van der Waals surface area contributed by atoms with Gasteiger partial charge in [-0.1, -0.05) is 6.92 Å². The highest BCUT2D eigenvalue weighted by atomic mass is 16.2. The van der Waals surface area contributed by atoms with Crippen LogP contribution >= 0.6 is 0 Å². The number of nitriles is 1. The van der Waals surface area contributed by atoms with Crippen molar-refractivity contribution in [2.75, 3.05) is 26.7 Å². The second-order valence-electron chi connectivity index (χ2n) is 4.88. The fourth-order valence-electron chi connectivity index (χ4n) is 1.86. The summed E-state index contributed by atoms with van der Waals surface area (Å²) in [6, 6.07) is 2.52. The predicted molar refractivity (Wildman–Crippen MR) is 62.7 cm³/mol. The van der Waals surface area contributed by atoms with Crippen LogP contribution in [0.15, 0.2) is 0 Å². The molecule has 1 rings (SSSR count). The summed E-state index contributed by atoms with van der Waals surface area (Å²) in [6.07, 6.45) is 0.572. The highest BCUT2D eigenvalue weighted by Crippen LogP contribution is 2.24. The summed E-state index contributed by atoms with van der Waals surface area (Å²) in [4.78, 5) is 16.3. The second kappa shape index (κ2) is 4.84. The Kier molecular flexibility index (Phi) is 3.93. The molecule has 0 spiro atoms. The molecule has 0 N–H and O–H groups in total. The van der Waals surface area contributed by atoms with Gasteiger partial charge in [0.15, 0.2) is 0 Å². The molecule has 16 heavy (non-hydrogen) atoms. The van der Waals surface area contributed by atoms with Crippen LogP contribution in [0.5, 0.6) is 0 Å². The number of hydrogen-bond donors (Lipinski definition) is 0.